The molecule has 0 aliphatic heterocycles. The maximum absolute atomic E-state index is 13.5. The van der Waals surface area contributed by atoms with Crippen LogP contribution in [0.25, 0.3) is 11.8 Å². The van der Waals surface area contributed by atoms with Gasteiger partial charge in [0.25, 0.3) is 0 Å². The lowest BCUT2D eigenvalue weighted by atomic mass is 9.70. The summed E-state index contributed by atoms with van der Waals surface area (Å²) in [4.78, 5) is 0. The fourth-order valence-electron chi connectivity index (χ4n) is 3.90. The number of rotatable bonds is 4. The number of nitrogens with zero attached hydrogens (tertiary/aromatic N) is 2. The van der Waals surface area contributed by atoms with E-state index in [4.69, 9.17) is 0 Å². The van der Waals surface area contributed by atoms with Gasteiger partial charge in [-0.2, -0.15) is 5.10 Å². The molecule has 1 aliphatic rings. The van der Waals surface area contributed by atoms with Gasteiger partial charge in [-0.1, -0.05) is 24.6 Å². The lowest BCUT2D eigenvalue weighted by molar-refractivity contribution is 0.121. The van der Waals surface area contributed by atoms with E-state index >= 15 is 0 Å². The lowest BCUT2D eigenvalue weighted by Gasteiger charge is -2.36. The summed E-state index contributed by atoms with van der Waals surface area (Å²) in [6.07, 6.45) is 4.36. The molecule has 144 valence electrons. The quantitative estimate of drug-likeness (QED) is 0.672. The number of halogens is 2. The predicted octanol–water partition coefficient (Wildman–Crippen LogP) is 5.24. The molecule has 0 amide bonds. The summed E-state index contributed by atoms with van der Waals surface area (Å²) in [5.74, 6) is -0.629. The molecule has 1 N–H and O–H groups in total. The number of aromatic nitrogens is 2. The van der Waals surface area contributed by atoms with Crippen molar-refractivity contribution in [1.29, 1.82) is 0 Å². The Morgan fingerprint density at radius 3 is 2.61 bits per heavy atom. The third kappa shape index (κ3) is 3.38. The Kier molecular flexibility index (Phi) is 4.63. The van der Waals surface area contributed by atoms with Crippen LogP contribution in [0.5, 0.6) is 0 Å². The summed E-state index contributed by atoms with van der Waals surface area (Å²) in [5.41, 5.74) is 4.29. The zero-order valence-corrected chi connectivity index (χ0v) is 15.9. The largest absolute Gasteiger partial charge is 0.388 e. The van der Waals surface area contributed by atoms with Gasteiger partial charge in [0.15, 0.2) is 0 Å². The SMILES string of the molecule is CC1=Cc2c(cnn2-c2ccc(F)cc2)C[C@@]1(C)CC(O)c1cccc(F)c1. The highest BCUT2D eigenvalue weighted by molar-refractivity contribution is 5.60. The minimum Gasteiger partial charge on any atom is -0.388 e. The van der Waals surface area contributed by atoms with Crippen molar-refractivity contribution >= 4 is 6.08 Å². The molecule has 1 aromatic heterocycles. The second kappa shape index (κ2) is 6.99. The van der Waals surface area contributed by atoms with Gasteiger partial charge in [0.2, 0.25) is 0 Å². The van der Waals surface area contributed by atoms with Crippen LogP contribution in [0.15, 0.2) is 60.3 Å². The number of allylic oxidation sites excluding steroid dienone is 1. The van der Waals surface area contributed by atoms with E-state index in [1.165, 1.54) is 24.3 Å². The minimum atomic E-state index is -0.752. The monoisotopic (exact) mass is 380 g/mol. The van der Waals surface area contributed by atoms with Gasteiger partial charge in [-0.25, -0.2) is 13.5 Å². The van der Waals surface area contributed by atoms with Crippen molar-refractivity contribution in [2.24, 2.45) is 5.41 Å². The van der Waals surface area contributed by atoms with Crippen LogP contribution in [0.2, 0.25) is 0 Å². The first-order chi connectivity index (χ1) is 13.4. The highest BCUT2D eigenvalue weighted by Crippen LogP contribution is 2.44. The third-order valence-corrected chi connectivity index (χ3v) is 5.72. The molecule has 2 atom stereocenters. The van der Waals surface area contributed by atoms with Crippen molar-refractivity contribution in [1.82, 2.24) is 9.78 Å². The summed E-state index contributed by atoms with van der Waals surface area (Å²) >= 11 is 0. The van der Waals surface area contributed by atoms with Gasteiger partial charge in [0.1, 0.15) is 11.6 Å². The van der Waals surface area contributed by atoms with E-state index in [2.05, 4.69) is 18.1 Å². The number of aliphatic hydroxyl groups is 1. The van der Waals surface area contributed by atoms with Gasteiger partial charge < -0.3 is 5.11 Å². The molecule has 4 rings (SSSR count). The van der Waals surface area contributed by atoms with Crippen LogP contribution in [0.4, 0.5) is 8.78 Å². The minimum absolute atomic E-state index is 0.268. The number of fused-ring (bicyclic) bond motifs is 1. The van der Waals surface area contributed by atoms with Gasteiger partial charge in [-0.3, -0.25) is 0 Å². The molecule has 1 aliphatic carbocycles. The van der Waals surface area contributed by atoms with Crippen LogP contribution >= 0.6 is 0 Å². The molecule has 28 heavy (non-hydrogen) atoms. The molecule has 2 aromatic carbocycles. The fourth-order valence-corrected chi connectivity index (χ4v) is 3.90. The summed E-state index contributed by atoms with van der Waals surface area (Å²) < 4.78 is 28.5. The number of aliphatic hydroxyl groups excluding tert-OH is 1. The second-order valence-electron chi connectivity index (χ2n) is 7.78. The Balaban J connectivity index is 1.62. The van der Waals surface area contributed by atoms with Crippen molar-refractivity contribution in [3.05, 3.63) is 88.8 Å². The van der Waals surface area contributed by atoms with Gasteiger partial charge in [-0.05, 0) is 78.8 Å². The third-order valence-electron chi connectivity index (χ3n) is 5.72. The Labute approximate surface area is 163 Å². The smallest absolute Gasteiger partial charge is 0.123 e. The summed E-state index contributed by atoms with van der Waals surface area (Å²) in [7, 11) is 0. The maximum atomic E-state index is 13.5. The standard InChI is InChI=1S/C23H22F2N2O/c1-15-10-21-17(14-26-27(21)20-8-6-18(24)7-9-20)12-23(15,2)13-22(28)16-4-3-5-19(25)11-16/h3-11,14,22,28H,12-13H2,1-2H3/t22?,23-/m0/s1. The number of hydrogen-bond donors (Lipinski definition) is 1. The summed E-state index contributed by atoms with van der Waals surface area (Å²) in [6.45, 7) is 4.16. The fraction of sp³-hybridized carbons (Fsp3) is 0.261. The van der Waals surface area contributed by atoms with Gasteiger partial charge >= 0.3 is 0 Å². The molecule has 3 aromatic rings. The van der Waals surface area contributed by atoms with Crippen molar-refractivity contribution in [2.45, 2.75) is 32.8 Å². The van der Waals surface area contributed by atoms with Gasteiger partial charge in [0.05, 0.1) is 23.7 Å². The van der Waals surface area contributed by atoms with E-state index in [0.29, 0.717) is 12.0 Å². The van der Waals surface area contributed by atoms with Crippen molar-refractivity contribution in [2.75, 3.05) is 0 Å². The molecule has 0 saturated heterocycles. The topological polar surface area (TPSA) is 38.0 Å². The molecule has 0 bridgehead atoms. The molecule has 0 radical (unpaired) electrons. The highest BCUT2D eigenvalue weighted by atomic mass is 19.1. The van der Waals surface area contributed by atoms with E-state index in [9.17, 15) is 13.9 Å². The molecule has 5 heteroatoms. The molecule has 1 heterocycles. The molecule has 0 saturated carbocycles. The normalized spacial score (nSPS) is 19.8. The van der Waals surface area contributed by atoms with E-state index in [1.807, 2.05) is 13.1 Å². The summed E-state index contributed by atoms with van der Waals surface area (Å²) in [5, 5.41) is 15.2. The first kappa shape index (κ1) is 18.6. The zero-order valence-electron chi connectivity index (χ0n) is 15.9. The van der Waals surface area contributed by atoms with Crippen LogP contribution in [-0.2, 0) is 6.42 Å². The molecule has 0 fully saturated rings. The predicted molar refractivity (Wildman–Crippen MR) is 105 cm³/mol. The Morgan fingerprint density at radius 1 is 1.14 bits per heavy atom. The molecule has 0 spiro atoms. The van der Waals surface area contributed by atoms with Gasteiger partial charge in [-0.15, -0.1) is 0 Å². The van der Waals surface area contributed by atoms with Crippen LogP contribution in [-0.4, -0.2) is 14.9 Å². The zero-order chi connectivity index (χ0) is 19.9. The first-order valence-electron chi connectivity index (χ1n) is 9.31. The summed E-state index contributed by atoms with van der Waals surface area (Å²) in [6, 6.07) is 12.4. The van der Waals surface area contributed by atoms with E-state index in [1.54, 1.807) is 28.9 Å². The van der Waals surface area contributed by atoms with Crippen LogP contribution < -0.4 is 0 Å². The molecule has 1 unspecified atom stereocenters. The highest BCUT2D eigenvalue weighted by Gasteiger charge is 2.35. The maximum Gasteiger partial charge on any atom is 0.123 e. The Morgan fingerprint density at radius 2 is 1.89 bits per heavy atom. The van der Waals surface area contributed by atoms with Gasteiger partial charge in [0, 0.05) is 0 Å². The number of benzene rings is 2. The lowest BCUT2D eigenvalue weighted by Crippen LogP contribution is -2.27. The van der Waals surface area contributed by atoms with Crippen molar-refractivity contribution in [3.8, 4) is 5.69 Å². The van der Waals surface area contributed by atoms with Crippen molar-refractivity contribution < 1.29 is 13.9 Å². The average Bonchev–Trinajstić information content (AvgIpc) is 3.05. The second-order valence-corrected chi connectivity index (χ2v) is 7.78. The van der Waals surface area contributed by atoms with Crippen LogP contribution in [0.1, 0.15) is 43.2 Å². The number of hydrogen-bond acceptors (Lipinski definition) is 2. The average molecular weight is 380 g/mol. The van der Waals surface area contributed by atoms with E-state index < -0.39 is 6.10 Å². The van der Waals surface area contributed by atoms with Crippen LogP contribution in [0, 0.1) is 17.0 Å². The Bertz CT molecular complexity index is 1040. The molecular formula is C23H22F2N2O. The molecular weight excluding hydrogens is 358 g/mol. The molecule has 3 nitrogen and oxygen atoms in total. The van der Waals surface area contributed by atoms with Crippen molar-refractivity contribution in [3.63, 3.8) is 0 Å². The van der Waals surface area contributed by atoms with E-state index in [0.717, 1.165) is 28.9 Å². The van der Waals surface area contributed by atoms with E-state index in [-0.39, 0.29) is 17.0 Å². The first-order valence-corrected chi connectivity index (χ1v) is 9.31. The van der Waals surface area contributed by atoms with Crippen LogP contribution in [0.3, 0.4) is 0 Å². The Hall–Kier alpha value is -2.79.